The number of morpholine rings is 1. The van der Waals surface area contributed by atoms with Crippen LogP contribution in [-0.4, -0.2) is 74.1 Å². The predicted octanol–water partition coefficient (Wildman–Crippen LogP) is 0.718. The highest BCUT2D eigenvalue weighted by Gasteiger charge is 2.27. The third kappa shape index (κ3) is 6.11. The summed E-state index contributed by atoms with van der Waals surface area (Å²) in [5.41, 5.74) is 0. The maximum absolute atomic E-state index is 12.1. The van der Waals surface area contributed by atoms with Crippen LogP contribution >= 0.6 is 0 Å². The van der Waals surface area contributed by atoms with Crippen LogP contribution in [0.25, 0.3) is 0 Å². The van der Waals surface area contributed by atoms with Crippen LogP contribution in [0.2, 0.25) is 0 Å². The fourth-order valence-corrected chi connectivity index (χ4v) is 3.25. The normalized spacial score (nSPS) is 24.3. The van der Waals surface area contributed by atoms with Gasteiger partial charge >= 0.3 is 0 Å². The zero-order valence-electron chi connectivity index (χ0n) is 14.7. The molecule has 1 N–H and O–H groups in total. The van der Waals surface area contributed by atoms with Crippen LogP contribution in [0.5, 0.6) is 0 Å². The van der Waals surface area contributed by atoms with E-state index in [1.54, 1.807) is 0 Å². The molecule has 2 saturated heterocycles. The molecule has 0 radical (unpaired) electrons. The Morgan fingerprint density at radius 2 is 2.04 bits per heavy atom. The van der Waals surface area contributed by atoms with Crippen molar-refractivity contribution in [2.45, 2.75) is 39.2 Å². The SMILES string of the molecule is CC(C)CN1CC(CNC(=O)CC2CCN(C)CC2)OCC1=O. The number of hydrogen-bond donors (Lipinski definition) is 1. The Balaban J connectivity index is 1.68. The molecule has 0 aromatic carbocycles. The van der Waals surface area contributed by atoms with Gasteiger partial charge in [0.2, 0.25) is 11.8 Å². The molecule has 0 saturated carbocycles. The van der Waals surface area contributed by atoms with E-state index >= 15 is 0 Å². The number of nitrogens with one attached hydrogen (secondary N) is 1. The lowest BCUT2D eigenvalue weighted by atomic mass is 9.93. The molecule has 1 unspecified atom stereocenters. The third-order valence-corrected chi connectivity index (χ3v) is 4.64. The second kappa shape index (κ2) is 8.64. The van der Waals surface area contributed by atoms with E-state index < -0.39 is 0 Å². The van der Waals surface area contributed by atoms with Gasteiger partial charge in [-0.15, -0.1) is 0 Å². The van der Waals surface area contributed by atoms with Crippen molar-refractivity contribution in [1.82, 2.24) is 15.1 Å². The molecular weight excluding hydrogens is 294 g/mol. The molecule has 6 nitrogen and oxygen atoms in total. The standard InChI is InChI=1S/C17H31N3O3/c1-13(2)10-20-11-15(23-12-17(20)22)9-18-16(21)8-14-4-6-19(3)7-5-14/h13-15H,4-12H2,1-3H3,(H,18,21). The smallest absolute Gasteiger partial charge is 0.248 e. The monoisotopic (exact) mass is 325 g/mol. The highest BCUT2D eigenvalue weighted by Crippen LogP contribution is 2.19. The molecule has 132 valence electrons. The zero-order chi connectivity index (χ0) is 16.8. The van der Waals surface area contributed by atoms with Crippen LogP contribution in [0.1, 0.15) is 33.1 Å². The quantitative estimate of drug-likeness (QED) is 0.782. The van der Waals surface area contributed by atoms with E-state index in [1.807, 2.05) is 4.90 Å². The minimum Gasteiger partial charge on any atom is -0.365 e. The first kappa shape index (κ1) is 18.2. The van der Waals surface area contributed by atoms with Gasteiger partial charge in [-0.3, -0.25) is 9.59 Å². The number of amides is 2. The fraction of sp³-hybridized carbons (Fsp3) is 0.882. The molecule has 2 aliphatic rings. The number of carbonyl (C=O) groups is 2. The van der Waals surface area contributed by atoms with Crippen LogP contribution in [0.4, 0.5) is 0 Å². The number of likely N-dealkylation sites (tertiary alicyclic amines) is 1. The fourth-order valence-electron chi connectivity index (χ4n) is 3.25. The van der Waals surface area contributed by atoms with Gasteiger partial charge in [0.25, 0.3) is 0 Å². The molecule has 2 rings (SSSR count). The molecule has 2 aliphatic heterocycles. The van der Waals surface area contributed by atoms with Crippen molar-refractivity contribution in [3.05, 3.63) is 0 Å². The highest BCUT2D eigenvalue weighted by molar-refractivity contribution is 5.78. The third-order valence-electron chi connectivity index (χ3n) is 4.64. The van der Waals surface area contributed by atoms with Gasteiger partial charge in [-0.2, -0.15) is 0 Å². The molecule has 23 heavy (non-hydrogen) atoms. The molecule has 6 heteroatoms. The molecular formula is C17H31N3O3. The molecule has 0 aliphatic carbocycles. The summed E-state index contributed by atoms with van der Waals surface area (Å²) in [6.45, 7) is 8.30. The Morgan fingerprint density at radius 3 is 2.70 bits per heavy atom. The van der Waals surface area contributed by atoms with Crippen LogP contribution in [0.15, 0.2) is 0 Å². The number of ether oxygens (including phenoxy) is 1. The maximum atomic E-state index is 12.1. The van der Waals surface area contributed by atoms with Crippen molar-refractivity contribution >= 4 is 11.8 Å². The number of nitrogens with zero attached hydrogens (tertiary/aromatic N) is 2. The molecule has 0 bridgehead atoms. The van der Waals surface area contributed by atoms with E-state index in [4.69, 9.17) is 4.74 Å². The van der Waals surface area contributed by atoms with E-state index in [2.05, 4.69) is 31.1 Å². The Hall–Kier alpha value is -1.14. The summed E-state index contributed by atoms with van der Waals surface area (Å²) in [6, 6.07) is 0. The minimum atomic E-state index is -0.0899. The van der Waals surface area contributed by atoms with Gasteiger partial charge in [0, 0.05) is 26.1 Å². The van der Waals surface area contributed by atoms with Gasteiger partial charge in [-0.25, -0.2) is 0 Å². The largest absolute Gasteiger partial charge is 0.365 e. The summed E-state index contributed by atoms with van der Waals surface area (Å²) in [6.07, 6.45) is 2.71. The van der Waals surface area contributed by atoms with Crippen molar-refractivity contribution in [3.63, 3.8) is 0 Å². The van der Waals surface area contributed by atoms with Crippen molar-refractivity contribution < 1.29 is 14.3 Å². The van der Waals surface area contributed by atoms with E-state index in [9.17, 15) is 9.59 Å². The topological polar surface area (TPSA) is 61.9 Å². The van der Waals surface area contributed by atoms with E-state index in [0.717, 1.165) is 32.5 Å². The molecule has 1 atom stereocenters. The molecule has 2 fully saturated rings. The Labute approximate surface area is 139 Å². The summed E-state index contributed by atoms with van der Waals surface area (Å²) in [4.78, 5) is 28.1. The number of carbonyl (C=O) groups excluding carboxylic acids is 2. The van der Waals surface area contributed by atoms with E-state index in [1.165, 1.54) is 0 Å². The van der Waals surface area contributed by atoms with Crippen molar-refractivity contribution in [1.29, 1.82) is 0 Å². The molecule has 2 amide bonds. The van der Waals surface area contributed by atoms with Crippen LogP contribution in [0, 0.1) is 11.8 Å². The lowest BCUT2D eigenvalue weighted by molar-refractivity contribution is -0.149. The van der Waals surface area contributed by atoms with Crippen LogP contribution in [-0.2, 0) is 14.3 Å². The Bertz CT molecular complexity index is 406. The van der Waals surface area contributed by atoms with Crippen LogP contribution in [0.3, 0.4) is 0 Å². The Morgan fingerprint density at radius 1 is 1.35 bits per heavy atom. The van der Waals surface area contributed by atoms with Gasteiger partial charge in [0.05, 0.1) is 6.10 Å². The summed E-state index contributed by atoms with van der Waals surface area (Å²) in [5, 5.41) is 2.98. The van der Waals surface area contributed by atoms with Gasteiger partial charge in [-0.05, 0) is 44.8 Å². The highest BCUT2D eigenvalue weighted by atomic mass is 16.5. The van der Waals surface area contributed by atoms with Gasteiger partial charge in [0.1, 0.15) is 6.61 Å². The number of rotatable bonds is 6. The molecule has 0 spiro atoms. The number of hydrogen-bond acceptors (Lipinski definition) is 4. The summed E-state index contributed by atoms with van der Waals surface area (Å²) in [7, 11) is 2.13. The lowest BCUT2D eigenvalue weighted by Crippen LogP contribution is -2.51. The van der Waals surface area contributed by atoms with Crippen molar-refractivity contribution in [2.75, 3.05) is 46.4 Å². The van der Waals surface area contributed by atoms with Crippen LogP contribution < -0.4 is 5.32 Å². The zero-order valence-corrected chi connectivity index (χ0v) is 14.7. The summed E-state index contributed by atoms with van der Waals surface area (Å²) >= 11 is 0. The average molecular weight is 325 g/mol. The first-order chi connectivity index (χ1) is 10.9. The average Bonchev–Trinajstić information content (AvgIpc) is 2.50. The summed E-state index contributed by atoms with van der Waals surface area (Å²) < 4.78 is 5.54. The predicted molar refractivity (Wildman–Crippen MR) is 89.0 cm³/mol. The Kier molecular flexibility index (Phi) is 6.84. The first-order valence-electron chi connectivity index (χ1n) is 8.78. The molecule has 2 heterocycles. The lowest BCUT2D eigenvalue weighted by Gasteiger charge is -2.34. The maximum Gasteiger partial charge on any atom is 0.248 e. The molecule has 0 aromatic rings. The van der Waals surface area contributed by atoms with Crippen molar-refractivity contribution in [3.8, 4) is 0 Å². The molecule has 0 aromatic heterocycles. The first-order valence-corrected chi connectivity index (χ1v) is 8.78. The van der Waals surface area contributed by atoms with Crippen molar-refractivity contribution in [2.24, 2.45) is 11.8 Å². The second-order valence-electron chi connectivity index (χ2n) is 7.38. The van der Waals surface area contributed by atoms with E-state index in [-0.39, 0.29) is 24.5 Å². The van der Waals surface area contributed by atoms with E-state index in [0.29, 0.717) is 31.3 Å². The van der Waals surface area contributed by atoms with Gasteiger partial charge < -0.3 is 19.9 Å². The minimum absolute atomic E-state index is 0.0487. The second-order valence-corrected chi connectivity index (χ2v) is 7.38. The van der Waals surface area contributed by atoms with Gasteiger partial charge in [-0.1, -0.05) is 13.8 Å². The number of piperidine rings is 1. The summed E-state index contributed by atoms with van der Waals surface area (Å²) in [5.74, 6) is 1.09. The van der Waals surface area contributed by atoms with Gasteiger partial charge in [0.15, 0.2) is 0 Å².